The van der Waals surface area contributed by atoms with Crippen LogP contribution in [-0.4, -0.2) is 23.4 Å². The number of anilines is 1. The predicted molar refractivity (Wildman–Crippen MR) is 59.0 cm³/mol. The molecular weight excluding hydrogens is 216 g/mol. The fraction of sp³-hybridized carbons (Fsp3) is 0.200. The third kappa shape index (κ3) is 1.80. The van der Waals surface area contributed by atoms with Crippen molar-refractivity contribution in [3.05, 3.63) is 23.2 Å². The van der Waals surface area contributed by atoms with E-state index in [1.165, 1.54) is 11.0 Å². The number of carbonyl (C=O) groups is 1. The molecule has 0 unspecified atom stereocenters. The lowest BCUT2D eigenvalue weighted by molar-refractivity contribution is 0.256. The van der Waals surface area contributed by atoms with Crippen molar-refractivity contribution in [2.24, 2.45) is 4.99 Å². The second-order valence-corrected chi connectivity index (χ2v) is 3.79. The fourth-order valence-electron chi connectivity index (χ4n) is 1.46. The molecule has 0 saturated carbocycles. The van der Waals surface area contributed by atoms with Gasteiger partial charge in [0, 0.05) is 10.7 Å². The Labute approximate surface area is 91.8 Å². The molecule has 1 aromatic carbocycles. The second kappa shape index (κ2) is 3.55. The van der Waals surface area contributed by atoms with E-state index in [-0.39, 0.29) is 11.8 Å². The van der Waals surface area contributed by atoms with Crippen LogP contribution in [0.3, 0.4) is 0 Å². The second-order valence-electron chi connectivity index (χ2n) is 3.35. The quantitative estimate of drug-likeness (QED) is 0.797. The summed E-state index contributed by atoms with van der Waals surface area (Å²) in [6.45, 7) is 2.16. The van der Waals surface area contributed by atoms with Crippen LogP contribution in [0.15, 0.2) is 23.2 Å². The summed E-state index contributed by atoms with van der Waals surface area (Å²) in [6.07, 6.45) is 0. The number of aromatic hydroxyl groups is 1. The molecule has 0 saturated heterocycles. The minimum Gasteiger partial charge on any atom is -0.506 e. The lowest BCUT2D eigenvalue weighted by Gasteiger charge is -2.16. The molecule has 0 bridgehead atoms. The molecule has 1 aliphatic heterocycles. The number of urea groups is 1. The van der Waals surface area contributed by atoms with Gasteiger partial charge in [0.1, 0.15) is 5.75 Å². The van der Waals surface area contributed by atoms with Crippen LogP contribution >= 0.6 is 11.6 Å². The molecule has 0 spiro atoms. The maximum atomic E-state index is 11.4. The standard InChI is InChI=1S/C10H9ClN2O2/c1-6-5-13(10(15)12-6)8-4-7(11)2-3-9(8)14/h2-4,14H,5H2,1H3. The molecule has 0 aliphatic carbocycles. The fourth-order valence-corrected chi connectivity index (χ4v) is 1.62. The Kier molecular flexibility index (Phi) is 2.36. The zero-order valence-corrected chi connectivity index (χ0v) is 8.82. The Bertz CT molecular complexity index is 457. The molecule has 2 rings (SSSR count). The van der Waals surface area contributed by atoms with E-state index in [9.17, 15) is 9.90 Å². The molecule has 0 aromatic heterocycles. The van der Waals surface area contributed by atoms with Crippen LogP contribution in [-0.2, 0) is 0 Å². The van der Waals surface area contributed by atoms with Crippen molar-refractivity contribution in [2.75, 3.05) is 11.4 Å². The first kappa shape index (κ1) is 9.98. The Morgan fingerprint density at radius 3 is 2.87 bits per heavy atom. The van der Waals surface area contributed by atoms with Gasteiger partial charge in [-0.25, -0.2) is 9.79 Å². The Morgan fingerprint density at radius 1 is 1.53 bits per heavy atom. The van der Waals surface area contributed by atoms with Crippen LogP contribution in [0.5, 0.6) is 5.75 Å². The molecule has 0 atom stereocenters. The maximum Gasteiger partial charge on any atom is 0.348 e. The number of aliphatic imine (C=N–C) groups is 1. The molecule has 1 heterocycles. The number of phenolic OH excluding ortho intramolecular Hbond substituents is 1. The zero-order chi connectivity index (χ0) is 11.0. The van der Waals surface area contributed by atoms with Crippen molar-refractivity contribution in [3.63, 3.8) is 0 Å². The summed E-state index contributed by atoms with van der Waals surface area (Å²) in [5.41, 5.74) is 1.12. The van der Waals surface area contributed by atoms with Gasteiger partial charge in [-0.1, -0.05) is 11.6 Å². The molecule has 5 heteroatoms. The number of hydrogen-bond acceptors (Lipinski definition) is 2. The van der Waals surface area contributed by atoms with Gasteiger partial charge in [0.15, 0.2) is 0 Å². The smallest absolute Gasteiger partial charge is 0.348 e. The summed E-state index contributed by atoms with van der Waals surface area (Å²) in [4.78, 5) is 16.6. The summed E-state index contributed by atoms with van der Waals surface area (Å²) in [5, 5.41) is 10.1. The predicted octanol–water partition coefficient (Wildman–Crippen LogP) is 2.45. The van der Waals surface area contributed by atoms with Crippen molar-refractivity contribution in [2.45, 2.75) is 6.92 Å². The Balaban J connectivity index is 2.39. The number of hydrogen-bond donors (Lipinski definition) is 1. The summed E-state index contributed by atoms with van der Waals surface area (Å²) in [7, 11) is 0. The van der Waals surface area contributed by atoms with E-state index < -0.39 is 0 Å². The monoisotopic (exact) mass is 224 g/mol. The zero-order valence-electron chi connectivity index (χ0n) is 8.07. The molecule has 4 nitrogen and oxygen atoms in total. The van der Waals surface area contributed by atoms with E-state index in [4.69, 9.17) is 11.6 Å². The maximum absolute atomic E-state index is 11.4. The number of benzene rings is 1. The molecule has 15 heavy (non-hydrogen) atoms. The minimum atomic E-state index is -0.370. The normalized spacial score (nSPS) is 15.7. The highest BCUT2D eigenvalue weighted by Gasteiger charge is 2.24. The highest BCUT2D eigenvalue weighted by molar-refractivity contribution is 6.31. The Morgan fingerprint density at radius 2 is 2.27 bits per heavy atom. The third-order valence-corrected chi connectivity index (χ3v) is 2.37. The van der Waals surface area contributed by atoms with Gasteiger partial charge >= 0.3 is 6.03 Å². The first-order valence-electron chi connectivity index (χ1n) is 4.42. The molecule has 1 N–H and O–H groups in total. The van der Waals surface area contributed by atoms with Gasteiger partial charge < -0.3 is 5.11 Å². The third-order valence-electron chi connectivity index (χ3n) is 2.13. The van der Waals surface area contributed by atoms with Crippen molar-refractivity contribution < 1.29 is 9.90 Å². The van der Waals surface area contributed by atoms with E-state index in [2.05, 4.69) is 4.99 Å². The number of rotatable bonds is 1. The van der Waals surface area contributed by atoms with Gasteiger partial charge in [-0.15, -0.1) is 0 Å². The van der Waals surface area contributed by atoms with Gasteiger partial charge in [-0.3, -0.25) is 4.90 Å². The molecule has 1 aliphatic rings. The van der Waals surface area contributed by atoms with Crippen LogP contribution < -0.4 is 4.90 Å². The molecule has 78 valence electrons. The average molecular weight is 225 g/mol. The van der Waals surface area contributed by atoms with Crippen LogP contribution in [0.4, 0.5) is 10.5 Å². The van der Waals surface area contributed by atoms with Gasteiger partial charge in [-0.2, -0.15) is 0 Å². The first-order valence-corrected chi connectivity index (χ1v) is 4.80. The van der Waals surface area contributed by atoms with E-state index in [1.807, 2.05) is 0 Å². The van der Waals surface area contributed by atoms with Gasteiger partial charge in [-0.05, 0) is 25.1 Å². The SMILES string of the molecule is CC1=NC(=O)N(c2cc(Cl)ccc2O)C1. The van der Waals surface area contributed by atoms with Crippen molar-refractivity contribution >= 4 is 29.0 Å². The highest BCUT2D eigenvalue weighted by atomic mass is 35.5. The van der Waals surface area contributed by atoms with E-state index in [1.54, 1.807) is 19.1 Å². The van der Waals surface area contributed by atoms with E-state index >= 15 is 0 Å². The number of phenols is 1. The molecule has 1 aromatic rings. The van der Waals surface area contributed by atoms with Gasteiger partial charge in [0.2, 0.25) is 0 Å². The number of nitrogens with zero attached hydrogens (tertiary/aromatic N) is 2. The highest BCUT2D eigenvalue weighted by Crippen LogP contribution is 2.31. The van der Waals surface area contributed by atoms with Crippen LogP contribution in [0, 0.1) is 0 Å². The van der Waals surface area contributed by atoms with Crippen LogP contribution in [0.25, 0.3) is 0 Å². The largest absolute Gasteiger partial charge is 0.506 e. The average Bonchev–Trinajstić information content (AvgIpc) is 2.50. The molecule has 0 radical (unpaired) electrons. The number of carbonyl (C=O) groups excluding carboxylic acids is 1. The van der Waals surface area contributed by atoms with Crippen molar-refractivity contribution in [1.29, 1.82) is 0 Å². The van der Waals surface area contributed by atoms with E-state index in [0.717, 1.165) is 5.71 Å². The van der Waals surface area contributed by atoms with Gasteiger partial charge in [0.05, 0.1) is 12.2 Å². The first-order chi connectivity index (χ1) is 7.08. The van der Waals surface area contributed by atoms with Crippen molar-refractivity contribution in [1.82, 2.24) is 0 Å². The van der Waals surface area contributed by atoms with Crippen molar-refractivity contribution in [3.8, 4) is 5.75 Å². The van der Waals surface area contributed by atoms with E-state index in [0.29, 0.717) is 17.3 Å². The number of amides is 2. The van der Waals surface area contributed by atoms with Gasteiger partial charge in [0.25, 0.3) is 0 Å². The summed E-state index contributed by atoms with van der Waals surface area (Å²) < 4.78 is 0. The topological polar surface area (TPSA) is 52.9 Å². The summed E-state index contributed by atoms with van der Waals surface area (Å²) in [6, 6.07) is 4.20. The summed E-state index contributed by atoms with van der Waals surface area (Å²) in [5.74, 6) is 0.0256. The lowest BCUT2D eigenvalue weighted by atomic mass is 10.2. The molecule has 0 fully saturated rings. The Hall–Kier alpha value is -1.55. The number of halogens is 1. The summed E-state index contributed by atoms with van der Waals surface area (Å²) >= 11 is 5.79. The lowest BCUT2D eigenvalue weighted by Crippen LogP contribution is -2.25. The minimum absolute atomic E-state index is 0.0256. The van der Waals surface area contributed by atoms with Crippen LogP contribution in [0.2, 0.25) is 5.02 Å². The molecule has 2 amide bonds. The van der Waals surface area contributed by atoms with Crippen LogP contribution in [0.1, 0.15) is 6.92 Å². The molecular formula is C10H9ClN2O2.